The van der Waals surface area contributed by atoms with E-state index in [1.54, 1.807) is 24.5 Å². The number of pyridine rings is 1. The number of thiophene rings is 1. The Kier molecular flexibility index (Phi) is 3.55. The standard InChI is InChI=1S/C15H11F3N2S/c1-8(9-4-14-13(19-7-9)2-3-21-14)20-15-11(17)5-10(16)6-12(15)18/h2-8,20H,1H3. The maximum absolute atomic E-state index is 13.6. The van der Waals surface area contributed by atoms with Crippen molar-refractivity contribution in [3.05, 3.63) is 58.9 Å². The topological polar surface area (TPSA) is 24.9 Å². The Morgan fingerprint density at radius 2 is 1.86 bits per heavy atom. The molecule has 0 radical (unpaired) electrons. The van der Waals surface area contributed by atoms with Gasteiger partial charge in [-0.25, -0.2) is 13.2 Å². The van der Waals surface area contributed by atoms with Gasteiger partial charge in [-0.1, -0.05) is 0 Å². The lowest BCUT2D eigenvalue weighted by Gasteiger charge is -2.16. The third-order valence-electron chi connectivity index (χ3n) is 3.19. The molecular formula is C15H11F3N2S. The average molecular weight is 308 g/mol. The van der Waals surface area contributed by atoms with Crippen LogP contribution in [0.3, 0.4) is 0 Å². The number of hydrogen-bond acceptors (Lipinski definition) is 3. The summed E-state index contributed by atoms with van der Waals surface area (Å²) in [6, 6.07) is 4.77. The minimum absolute atomic E-state index is 0.338. The third kappa shape index (κ3) is 2.71. The van der Waals surface area contributed by atoms with Crippen LogP contribution >= 0.6 is 11.3 Å². The molecular weight excluding hydrogens is 297 g/mol. The molecule has 0 saturated heterocycles. The van der Waals surface area contributed by atoms with Crippen LogP contribution in [0, 0.1) is 17.5 Å². The van der Waals surface area contributed by atoms with E-state index < -0.39 is 17.5 Å². The highest BCUT2D eigenvalue weighted by Gasteiger charge is 2.15. The van der Waals surface area contributed by atoms with Crippen LogP contribution in [-0.2, 0) is 0 Å². The Morgan fingerprint density at radius 3 is 2.57 bits per heavy atom. The van der Waals surface area contributed by atoms with Gasteiger partial charge in [0.2, 0.25) is 0 Å². The highest BCUT2D eigenvalue weighted by atomic mass is 32.1. The van der Waals surface area contributed by atoms with Gasteiger partial charge < -0.3 is 5.32 Å². The van der Waals surface area contributed by atoms with Gasteiger partial charge in [-0.2, -0.15) is 0 Å². The van der Waals surface area contributed by atoms with Crippen LogP contribution in [0.15, 0.2) is 35.8 Å². The molecule has 21 heavy (non-hydrogen) atoms. The lowest BCUT2D eigenvalue weighted by Crippen LogP contribution is -2.10. The molecule has 3 aromatic rings. The molecule has 2 nitrogen and oxygen atoms in total. The molecule has 0 aliphatic rings. The summed E-state index contributed by atoms with van der Waals surface area (Å²) in [6.45, 7) is 1.76. The number of nitrogens with one attached hydrogen (secondary N) is 1. The van der Waals surface area contributed by atoms with E-state index in [2.05, 4.69) is 10.3 Å². The Labute approximate surface area is 123 Å². The highest BCUT2D eigenvalue weighted by Crippen LogP contribution is 2.27. The third-order valence-corrected chi connectivity index (χ3v) is 4.04. The van der Waals surface area contributed by atoms with Gasteiger partial charge in [0.05, 0.1) is 16.3 Å². The van der Waals surface area contributed by atoms with E-state index in [-0.39, 0.29) is 11.7 Å². The number of rotatable bonds is 3. The lowest BCUT2D eigenvalue weighted by atomic mass is 10.1. The SMILES string of the molecule is CC(Nc1c(F)cc(F)cc1F)c1cnc2ccsc2c1. The van der Waals surface area contributed by atoms with Crippen LogP contribution in [0.5, 0.6) is 0 Å². The second-order valence-corrected chi connectivity index (χ2v) is 5.63. The fraction of sp³-hybridized carbons (Fsp3) is 0.133. The van der Waals surface area contributed by atoms with Crippen molar-refractivity contribution < 1.29 is 13.2 Å². The van der Waals surface area contributed by atoms with Gasteiger partial charge in [-0.3, -0.25) is 4.98 Å². The number of nitrogens with zero attached hydrogens (tertiary/aromatic N) is 1. The number of benzene rings is 1. The van der Waals surface area contributed by atoms with E-state index in [0.29, 0.717) is 12.1 Å². The quantitative estimate of drug-likeness (QED) is 0.745. The zero-order valence-corrected chi connectivity index (χ0v) is 11.8. The minimum Gasteiger partial charge on any atom is -0.374 e. The molecule has 0 bridgehead atoms. The van der Waals surface area contributed by atoms with Crippen molar-refractivity contribution in [2.75, 3.05) is 5.32 Å². The fourth-order valence-corrected chi connectivity index (χ4v) is 2.87. The molecule has 1 N–H and O–H groups in total. The summed E-state index contributed by atoms with van der Waals surface area (Å²) in [4.78, 5) is 4.29. The summed E-state index contributed by atoms with van der Waals surface area (Å²) in [7, 11) is 0. The summed E-state index contributed by atoms with van der Waals surface area (Å²) in [5.41, 5.74) is 1.35. The molecule has 0 spiro atoms. The molecule has 108 valence electrons. The maximum Gasteiger partial charge on any atom is 0.152 e. The summed E-state index contributed by atoms with van der Waals surface area (Å²) in [5, 5.41) is 4.66. The maximum atomic E-state index is 13.6. The van der Waals surface area contributed by atoms with Crippen molar-refractivity contribution in [2.45, 2.75) is 13.0 Å². The van der Waals surface area contributed by atoms with E-state index in [9.17, 15) is 13.2 Å². The smallest absolute Gasteiger partial charge is 0.152 e. The normalized spacial score (nSPS) is 12.6. The van der Waals surface area contributed by atoms with E-state index in [1.807, 2.05) is 17.5 Å². The first kappa shape index (κ1) is 13.9. The number of anilines is 1. The molecule has 0 aliphatic carbocycles. The Balaban J connectivity index is 1.90. The van der Waals surface area contributed by atoms with Crippen LogP contribution in [-0.4, -0.2) is 4.98 Å². The van der Waals surface area contributed by atoms with Gasteiger partial charge in [0.15, 0.2) is 11.6 Å². The lowest BCUT2D eigenvalue weighted by molar-refractivity contribution is 0.545. The van der Waals surface area contributed by atoms with Crippen molar-refractivity contribution in [1.29, 1.82) is 0 Å². The molecule has 1 atom stereocenters. The van der Waals surface area contributed by atoms with E-state index in [0.717, 1.165) is 15.8 Å². The first-order valence-electron chi connectivity index (χ1n) is 6.29. The monoisotopic (exact) mass is 308 g/mol. The van der Waals surface area contributed by atoms with Crippen molar-refractivity contribution in [2.24, 2.45) is 0 Å². The second kappa shape index (κ2) is 5.37. The predicted octanol–water partition coefficient (Wildman–Crippen LogP) is 4.89. The largest absolute Gasteiger partial charge is 0.374 e. The van der Waals surface area contributed by atoms with Crippen molar-refractivity contribution in [3.8, 4) is 0 Å². The van der Waals surface area contributed by atoms with Crippen LogP contribution in [0.1, 0.15) is 18.5 Å². The van der Waals surface area contributed by atoms with Crippen LogP contribution < -0.4 is 5.32 Å². The van der Waals surface area contributed by atoms with Gasteiger partial charge >= 0.3 is 0 Å². The van der Waals surface area contributed by atoms with E-state index >= 15 is 0 Å². The molecule has 1 aromatic carbocycles. The predicted molar refractivity (Wildman–Crippen MR) is 78.0 cm³/mol. The molecule has 3 rings (SSSR count). The summed E-state index contributed by atoms with van der Waals surface area (Å²) >= 11 is 1.55. The molecule has 0 amide bonds. The Bertz CT molecular complexity index is 777. The van der Waals surface area contributed by atoms with Gasteiger partial charge in [0.1, 0.15) is 11.5 Å². The molecule has 0 saturated carbocycles. The molecule has 2 aromatic heterocycles. The summed E-state index contributed by atoms with van der Waals surface area (Å²) in [5.74, 6) is -2.85. The van der Waals surface area contributed by atoms with Gasteiger partial charge in [0.25, 0.3) is 0 Å². The van der Waals surface area contributed by atoms with Crippen LogP contribution in [0.4, 0.5) is 18.9 Å². The molecule has 6 heteroatoms. The van der Waals surface area contributed by atoms with Gasteiger partial charge in [-0.15, -0.1) is 11.3 Å². The Hall–Kier alpha value is -2.08. The average Bonchev–Trinajstić information content (AvgIpc) is 2.89. The first-order chi connectivity index (χ1) is 10.0. The molecule has 0 fully saturated rings. The first-order valence-corrected chi connectivity index (χ1v) is 7.17. The summed E-state index contributed by atoms with van der Waals surface area (Å²) in [6.07, 6.45) is 1.66. The van der Waals surface area contributed by atoms with Crippen LogP contribution in [0.2, 0.25) is 0 Å². The number of halogens is 3. The summed E-state index contributed by atoms with van der Waals surface area (Å²) < 4.78 is 41.2. The fourth-order valence-electron chi connectivity index (χ4n) is 2.08. The van der Waals surface area contributed by atoms with Crippen molar-refractivity contribution in [3.63, 3.8) is 0 Å². The minimum atomic E-state index is -0.954. The number of fused-ring (bicyclic) bond motifs is 1. The van der Waals surface area contributed by atoms with Crippen molar-refractivity contribution >= 4 is 27.2 Å². The Morgan fingerprint density at radius 1 is 1.14 bits per heavy atom. The number of aromatic nitrogens is 1. The van der Waals surface area contributed by atoms with Gasteiger partial charge in [0, 0.05) is 18.3 Å². The van der Waals surface area contributed by atoms with E-state index in [4.69, 9.17) is 0 Å². The zero-order valence-electron chi connectivity index (χ0n) is 11.0. The molecule has 2 heterocycles. The number of hydrogen-bond donors (Lipinski definition) is 1. The molecule has 1 unspecified atom stereocenters. The zero-order chi connectivity index (χ0) is 15.0. The van der Waals surface area contributed by atoms with Crippen molar-refractivity contribution in [1.82, 2.24) is 4.98 Å². The van der Waals surface area contributed by atoms with Gasteiger partial charge in [-0.05, 0) is 30.0 Å². The highest BCUT2D eigenvalue weighted by molar-refractivity contribution is 7.17. The molecule has 0 aliphatic heterocycles. The van der Waals surface area contributed by atoms with E-state index in [1.165, 1.54) is 0 Å². The van der Waals surface area contributed by atoms with Crippen LogP contribution in [0.25, 0.3) is 10.2 Å². The second-order valence-electron chi connectivity index (χ2n) is 4.68.